The highest BCUT2D eigenvalue weighted by Crippen LogP contribution is 2.33. The van der Waals surface area contributed by atoms with Gasteiger partial charge in [-0.25, -0.2) is 22.3 Å². The molecule has 1 saturated carbocycles. The van der Waals surface area contributed by atoms with Crippen molar-refractivity contribution in [2.24, 2.45) is 5.92 Å². The van der Waals surface area contributed by atoms with Gasteiger partial charge in [0.1, 0.15) is 4.90 Å². The molecule has 5 nitrogen and oxygen atoms in total. The molecule has 0 heterocycles. The molecule has 0 aromatic heterocycles. The van der Waals surface area contributed by atoms with Crippen molar-refractivity contribution in [1.29, 1.82) is 0 Å². The summed E-state index contributed by atoms with van der Waals surface area (Å²) in [6.07, 6.45) is 3.95. The Labute approximate surface area is 127 Å². The van der Waals surface area contributed by atoms with E-state index in [0.29, 0.717) is 12.3 Å². The van der Waals surface area contributed by atoms with Gasteiger partial charge in [-0.3, -0.25) is 0 Å². The summed E-state index contributed by atoms with van der Waals surface area (Å²) in [5.74, 6) is -2.20. The average Bonchev–Trinajstić information content (AvgIpc) is 3.20. The van der Waals surface area contributed by atoms with Gasteiger partial charge in [-0.15, -0.1) is 0 Å². The van der Waals surface area contributed by atoms with Gasteiger partial charge >= 0.3 is 5.97 Å². The van der Waals surface area contributed by atoms with E-state index in [1.807, 2.05) is 0 Å². The molecule has 0 amide bonds. The predicted molar refractivity (Wildman–Crippen MR) is 75.5 cm³/mol. The molecule has 0 atom stereocenters. The molecular formula is C13H15ClFNO4S. The Bertz CT molecular complexity index is 658. The maximum Gasteiger partial charge on any atom is 0.338 e. The van der Waals surface area contributed by atoms with E-state index in [1.165, 1.54) is 12.8 Å². The Hall–Kier alpha value is -1.18. The molecule has 1 aliphatic rings. The predicted octanol–water partition coefficient (Wildman–Crippen LogP) is 2.65. The Morgan fingerprint density at radius 1 is 1.43 bits per heavy atom. The third kappa shape index (κ3) is 4.15. The topological polar surface area (TPSA) is 83.5 Å². The van der Waals surface area contributed by atoms with Crippen LogP contribution in [0.15, 0.2) is 17.0 Å². The molecule has 116 valence electrons. The van der Waals surface area contributed by atoms with Crippen LogP contribution < -0.4 is 4.72 Å². The van der Waals surface area contributed by atoms with Gasteiger partial charge in [-0.05, 0) is 30.9 Å². The Balaban J connectivity index is 2.16. The van der Waals surface area contributed by atoms with E-state index in [2.05, 4.69) is 4.72 Å². The molecule has 1 aromatic carbocycles. The van der Waals surface area contributed by atoms with Crippen LogP contribution in [0.25, 0.3) is 0 Å². The highest BCUT2D eigenvalue weighted by molar-refractivity contribution is 7.89. The standard InChI is InChI=1S/C13H15ClFNO4S/c14-9-6-10(13(17)18)12(15)11(7-9)21(19,20)16-5-1-2-8-3-4-8/h6-8,16H,1-5H2,(H,17,18). The van der Waals surface area contributed by atoms with Crippen LogP contribution in [0.3, 0.4) is 0 Å². The summed E-state index contributed by atoms with van der Waals surface area (Å²) in [4.78, 5) is 10.1. The summed E-state index contributed by atoms with van der Waals surface area (Å²) in [5.41, 5.74) is -0.763. The number of nitrogens with one attached hydrogen (secondary N) is 1. The molecule has 1 aliphatic carbocycles. The summed E-state index contributed by atoms with van der Waals surface area (Å²) in [5, 5.41) is 8.70. The van der Waals surface area contributed by atoms with E-state index in [9.17, 15) is 17.6 Å². The Morgan fingerprint density at radius 3 is 2.67 bits per heavy atom. The minimum absolute atomic E-state index is 0.146. The third-order valence-electron chi connectivity index (χ3n) is 3.30. The molecule has 0 spiro atoms. The first-order valence-electron chi connectivity index (χ1n) is 6.53. The number of benzene rings is 1. The molecule has 0 aliphatic heterocycles. The zero-order valence-corrected chi connectivity index (χ0v) is 12.7. The minimum Gasteiger partial charge on any atom is -0.478 e. The molecule has 21 heavy (non-hydrogen) atoms. The van der Waals surface area contributed by atoms with Crippen molar-refractivity contribution in [1.82, 2.24) is 4.72 Å². The number of hydrogen-bond donors (Lipinski definition) is 2. The van der Waals surface area contributed by atoms with E-state index in [1.54, 1.807) is 0 Å². The van der Waals surface area contributed by atoms with Gasteiger partial charge in [-0.1, -0.05) is 24.4 Å². The first-order chi connectivity index (χ1) is 9.81. The molecule has 8 heteroatoms. The Kier molecular flexibility index (Phi) is 4.85. The van der Waals surface area contributed by atoms with Crippen molar-refractivity contribution in [3.63, 3.8) is 0 Å². The van der Waals surface area contributed by atoms with Crippen molar-refractivity contribution in [3.05, 3.63) is 28.5 Å². The van der Waals surface area contributed by atoms with Crippen molar-refractivity contribution in [2.45, 2.75) is 30.6 Å². The fourth-order valence-electron chi connectivity index (χ4n) is 2.00. The molecule has 0 bridgehead atoms. The number of aromatic carboxylic acids is 1. The number of carboxylic acid groups (broad SMARTS) is 1. The highest BCUT2D eigenvalue weighted by atomic mass is 35.5. The maximum atomic E-state index is 14.0. The Morgan fingerprint density at radius 2 is 2.10 bits per heavy atom. The molecule has 2 N–H and O–H groups in total. The number of carbonyl (C=O) groups is 1. The van der Waals surface area contributed by atoms with Crippen LogP contribution in [0.4, 0.5) is 4.39 Å². The first-order valence-corrected chi connectivity index (χ1v) is 8.39. The van der Waals surface area contributed by atoms with Crippen LogP contribution in [0, 0.1) is 11.7 Å². The fourth-order valence-corrected chi connectivity index (χ4v) is 3.48. The second kappa shape index (κ2) is 6.29. The van der Waals surface area contributed by atoms with E-state index in [0.717, 1.165) is 18.6 Å². The monoisotopic (exact) mass is 335 g/mol. The van der Waals surface area contributed by atoms with Gasteiger partial charge in [0.05, 0.1) is 5.56 Å². The van der Waals surface area contributed by atoms with Crippen LogP contribution >= 0.6 is 11.6 Å². The van der Waals surface area contributed by atoms with Gasteiger partial charge in [0, 0.05) is 11.6 Å². The molecule has 0 unspecified atom stereocenters. The van der Waals surface area contributed by atoms with Gasteiger partial charge in [0.2, 0.25) is 10.0 Å². The van der Waals surface area contributed by atoms with Crippen LogP contribution in [-0.4, -0.2) is 26.0 Å². The van der Waals surface area contributed by atoms with E-state index in [-0.39, 0.29) is 11.6 Å². The van der Waals surface area contributed by atoms with Crippen LogP contribution in [0.1, 0.15) is 36.0 Å². The lowest BCUT2D eigenvalue weighted by atomic mass is 10.2. The average molecular weight is 336 g/mol. The minimum atomic E-state index is -4.12. The van der Waals surface area contributed by atoms with E-state index >= 15 is 0 Å². The number of rotatable bonds is 7. The number of halogens is 2. The normalized spacial score (nSPS) is 15.1. The van der Waals surface area contributed by atoms with Crippen molar-refractivity contribution >= 4 is 27.6 Å². The molecule has 2 rings (SSSR count). The third-order valence-corrected chi connectivity index (χ3v) is 4.98. The quantitative estimate of drug-likeness (QED) is 0.750. The molecule has 1 aromatic rings. The number of sulfonamides is 1. The second-order valence-electron chi connectivity index (χ2n) is 5.05. The van der Waals surface area contributed by atoms with Crippen LogP contribution in [-0.2, 0) is 10.0 Å². The molecule has 0 radical (unpaired) electrons. The van der Waals surface area contributed by atoms with Crippen molar-refractivity contribution in [3.8, 4) is 0 Å². The number of hydrogen-bond acceptors (Lipinski definition) is 3. The van der Waals surface area contributed by atoms with E-state index < -0.39 is 32.3 Å². The van der Waals surface area contributed by atoms with Crippen molar-refractivity contribution in [2.75, 3.05) is 6.54 Å². The smallest absolute Gasteiger partial charge is 0.338 e. The maximum absolute atomic E-state index is 14.0. The molecule has 0 saturated heterocycles. The summed E-state index contributed by atoms with van der Waals surface area (Å²) < 4.78 is 40.3. The van der Waals surface area contributed by atoms with Crippen molar-refractivity contribution < 1.29 is 22.7 Å². The van der Waals surface area contributed by atoms with Gasteiger partial charge in [0.25, 0.3) is 0 Å². The second-order valence-corrected chi connectivity index (χ2v) is 7.23. The zero-order valence-electron chi connectivity index (χ0n) is 11.1. The lowest BCUT2D eigenvalue weighted by molar-refractivity contribution is 0.0691. The largest absolute Gasteiger partial charge is 0.478 e. The van der Waals surface area contributed by atoms with Gasteiger partial charge in [-0.2, -0.15) is 0 Å². The summed E-state index contributed by atoms with van der Waals surface area (Å²) in [7, 11) is -4.12. The van der Waals surface area contributed by atoms with Gasteiger partial charge in [0.15, 0.2) is 5.82 Å². The summed E-state index contributed by atoms with van der Waals surface area (Å²) in [6.45, 7) is 0.188. The SMILES string of the molecule is O=C(O)c1cc(Cl)cc(S(=O)(=O)NCCCC2CC2)c1F. The fraction of sp³-hybridized carbons (Fsp3) is 0.462. The lowest BCUT2D eigenvalue weighted by Gasteiger charge is -2.09. The number of carboxylic acids is 1. The molecule has 1 fully saturated rings. The van der Waals surface area contributed by atoms with Gasteiger partial charge < -0.3 is 5.11 Å². The summed E-state index contributed by atoms with van der Waals surface area (Å²) in [6, 6.07) is 1.79. The van der Waals surface area contributed by atoms with Crippen LogP contribution in [0.5, 0.6) is 0 Å². The zero-order chi connectivity index (χ0) is 15.6. The molecular weight excluding hydrogens is 321 g/mol. The van der Waals surface area contributed by atoms with Crippen LogP contribution in [0.2, 0.25) is 5.02 Å². The highest BCUT2D eigenvalue weighted by Gasteiger charge is 2.25. The summed E-state index contributed by atoms with van der Waals surface area (Å²) >= 11 is 5.66. The van der Waals surface area contributed by atoms with E-state index in [4.69, 9.17) is 16.7 Å². The first kappa shape index (κ1) is 16.2. The lowest BCUT2D eigenvalue weighted by Crippen LogP contribution is -2.26.